The van der Waals surface area contributed by atoms with Crippen LogP contribution in [0, 0.1) is 11.3 Å². The van der Waals surface area contributed by atoms with Crippen LogP contribution in [-0.4, -0.2) is 94.9 Å². The van der Waals surface area contributed by atoms with E-state index in [1.54, 1.807) is 0 Å². The summed E-state index contributed by atoms with van der Waals surface area (Å²) in [6, 6.07) is 10.5. The molecular formula is C25H35N3O6. The summed E-state index contributed by atoms with van der Waals surface area (Å²) in [6.07, 6.45) is 1.86. The summed E-state index contributed by atoms with van der Waals surface area (Å²) in [5.74, 6) is -1.65. The Labute approximate surface area is 200 Å². The average Bonchev–Trinajstić information content (AvgIpc) is 3.15. The van der Waals surface area contributed by atoms with Crippen LogP contribution < -0.4 is 0 Å². The van der Waals surface area contributed by atoms with Crippen LogP contribution in [0.4, 0.5) is 4.79 Å². The monoisotopic (exact) mass is 473 g/mol. The van der Waals surface area contributed by atoms with Gasteiger partial charge in [0.25, 0.3) is 0 Å². The Morgan fingerprint density at radius 2 is 1.65 bits per heavy atom. The van der Waals surface area contributed by atoms with Crippen LogP contribution in [0.3, 0.4) is 0 Å². The van der Waals surface area contributed by atoms with Crippen LogP contribution in [0.5, 0.6) is 0 Å². The van der Waals surface area contributed by atoms with E-state index in [1.165, 1.54) is 5.56 Å². The first kappa shape index (κ1) is 24.5. The number of hydrogen-bond donors (Lipinski definition) is 2. The number of carboxylic acids is 2. The normalized spacial score (nSPS) is 24.2. The Kier molecular flexibility index (Phi) is 7.73. The molecular weight excluding hydrogens is 438 g/mol. The van der Waals surface area contributed by atoms with E-state index in [9.17, 15) is 19.5 Å². The van der Waals surface area contributed by atoms with Crippen molar-refractivity contribution in [2.45, 2.75) is 44.8 Å². The first-order valence-electron chi connectivity index (χ1n) is 12.2. The number of hydrogen-bond acceptors (Lipinski definition) is 6. The summed E-state index contributed by atoms with van der Waals surface area (Å²) in [5, 5.41) is 18.7. The Bertz CT molecular complexity index is 863. The standard InChI is InChI=1S/C25H35N3O6/c29-22(30)14-25(23(31)32)8-12-27(13-9-25)17-21-18-28(24(33)34-21)16-20-6-10-26(11-7-20)15-19-4-2-1-3-5-19/h1-5,20-21H,6-18H2,(H,29,30)(H,31,32). The van der Waals surface area contributed by atoms with E-state index in [2.05, 4.69) is 34.1 Å². The number of amides is 1. The molecule has 0 bridgehead atoms. The molecule has 2 N–H and O–H groups in total. The van der Waals surface area contributed by atoms with Crippen LogP contribution in [-0.2, 0) is 20.9 Å². The summed E-state index contributed by atoms with van der Waals surface area (Å²) in [4.78, 5) is 41.6. The fourth-order valence-corrected chi connectivity index (χ4v) is 5.51. The van der Waals surface area contributed by atoms with Crippen molar-refractivity contribution in [1.82, 2.24) is 14.7 Å². The van der Waals surface area contributed by atoms with Crippen LogP contribution in [0.2, 0.25) is 0 Å². The van der Waals surface area contributed by atoms with Crippen molar-refractivity contribution in [3.05, 3.63) is 35.9 Å². The largest absolute Gasteiger partial charge is 0.481 e. The molecule has 3 saturated heterocycles. The van der Waals surface area contributed by atoms with Gasteiger partial charge in [-0.05, 0) is 63.3 Å². The number of carboxylic acid groups (broad SMARTS) is 2. The molecule has 9 heteroatoms. The zero-order chi connectivity index (χ0) is 24.1. The minimum atomic E-state index is -1.20. The van der Waals surface area contributed by atoms with E-state index < -0.39 is 17.4 Å². The molecule has 3 aliphatic rings. The highest BCUT2D eigenvalue weighted by molar-refractivity contribution is 5.81. The Morgan fingerprint density at radius 1 is 0.971 bits per heavy atom. The lowest BCUT2D eigenvalue weighted by atomic mass is 9.75. The maximum Gasteiger partial charge on any atom is 0.410 e. The number of benzene rings is 1. The second-order valence-electron chi connectivity index (χ2n) is 10.1. The third-order valence-electron chi connectivity index (χ3n) is 7.60. The van der Waals surface area contributed by atoms with Gasteiger partial charge in [0, 0.05) is 19.6 Å². The highest BCUT2D eigenvalue weighted by atomic mass is 16.6. The topological polar surface area (TPSA) is 111 Å². The van der Waals surface area contributed by atoms with Crippen LogP contribution in [0.15, 0.2) is 30.3 Å². The zero-order valence-electron chi connectivity index (χ0n) is 19.6. The quantitative estimate of drug-likeness (QED) is 0.562. The molecule has 1 amide bonds. The molecule has 1 unspecified atom stereocenters. The van der Waals surface area contributed by atoms with Crippen LogP contribution >= 0.6 is 0 Å². The lowest BCUT2D eigenvalue weighted by molar-refractivity contribution is -0.159. The van der Waals surface area contributed by atoms with Crippen LogP contribution in [0.25, 0.3) is 0 Å². The summed E-state index contributed by atoms with van der Waals surface area (Å²) in [7, 11) is 0. The highest BCUT2D eigenvalue weighted by Gasteiger charge is 2.44. The van der Waals surface area contributed by atoms with Gasteiger partial charge in [-0.2, -0.15) is 0 Å². The molecule has 9 nitrogen and oxygen atoms in total. The number of likely N-dealkylation sites (tertiary alicyclic amines) is 2. The smallest absolute Gasteiger partial charge is 0.410 e. The van der Waals surface area contributed by atoms with E-state index in [0.29, 0.717) is 44.9 Å². The number of piperidine rings is 2. The van der Waals surface area contributed by atoms with E-state index in [4.69, 9.17) is 9.84 Å². The van der Waals surface area contributed by atoms with Gasteiger partial charge in [0.15, 0.2) is 0 Å². The van der Waals surface area contributed by atoms with Gasteiger partial charge in [0.05, 0.1) is 18.4 Å². The number of carbonyl (C=O) groups excluding carboxylic acids is 1. The van der Waals surface area contributed by atoms with E-state index in [1.807, 2.05) is 11.0 Å². The molecule has 0 spiro atoms. The predicted octanol–water partition coefficient (Wildman–Crippen LogP) is 2.36. The molecule has 0 saturated carbocycles. The summed E-state index contributed by atoms with van der Waals surface area (Å²) in [5.41, 5.74) is 0.129. The maximum absolute atomic E-state index is 12.5. The van der Waals surface area contributed by atoms with Gasteiger partial charge in [-0.25, -0.2) is 4.79 Å². The minimum absolute atomic E-state index is 0.234. The molecule has 0 aliphatic carbocycles. The Hall–Kier alpha value is -2.65. The molecule has 3 fully saturated rings. The van der Waals surface area contributed by atoms with E-state index in [0.717, 1.165) is 39.0 Å². The van der Waals surface area contributed by atoms with Gasteiger partial charge < -0.3 is 19.8 Å². The number of carbonyl (C=O) groups is 3. The van der Waals surface area contributed by atoms with Crippen molar-refractivity contribution in [2.24, 2.45) is 11.3 Å². The lowest BCUT2D eigenvalue weighted by Crippen LogP contribution is -2.47. The molecule has 1 aromatic rings. The molecule has 4 rings (SSSR count). The second kappa shape index (κ2) is 10.7. The second-order valence-corrected chi connectivity index (χ2v) is 10.1. The highest BCUT2D eigenvalue weighted by Crippen LogP contribution is 2.36. The molecule has 1 aromatic carbocycles. The van der Waals surface area contributed by atoms with Gasteiger partial charge in [0.1, 0.15) is 6.10 Å². The summed E-state index contributed by atoms with van der Waals surface area (Å²) < 4.78 is 5.61. The first-order valence-corrected chi connectivity index (χ1v) is 12.2. The van der Waals surface area contributed by atoms with Crippen molar-refractivity contribution in [3.8, 4) is 0 Å². The van der Waals surface area contributed by atoms with E-state index >= 15 is 0 Å². The van der Waals surface area contributed by atoms with Crippen molar-refractivity contribution < 1.29 is 29.3 Å². The van der Waals surface area contributed by atoms with E-state index in [-0.39, 0.29) is 18.6 Å². The molecule has 0 aromatic heterocycles. The molecule has 186 valence electrons. The van der Waals surface area contributed by atoms with Gasteiger partial charge in [-0.3, -0.25) is 19.4 Å². The predicted molar refractivity (Wildman–Crippen MR) is 124 cm³/mol. The minimum Gasteiger partial charge on any atom is -0.481 e. The number of ether oxygens (including phenoxy) is 1. The SMILES string of the molecule is O=C(O)CC1(C(=O)O)CCN(CC2CN(CC3CCN(Cc4ccccc4)CC3)C(=O)O2)CC1. The Morgan fingerprint density at radius 3 is 2.26 bits per heavy atom. The number of rotatable bonds is 9. The summed E-state index contributed by atoms with van der Waals surface area (Å²) in [6.45, 7) is 5.84. The molecule has 3 aliphatic heterocycles. The van der Waals surface area contributed by atoms with Crippen LogP contribution in [0.1, 0.15) is 37.7 Å². The van der Waals surface area contributed by atoms with Crippen molar-refractivity contribution >= 4 is 18.0 Å². The third kappa shape index (κ3) is 6.07. The first-order chi connectivity index (χ1) is 16.3. The maximum atomic E-state index is 12.5. The molecule has 0 radical (unpaired) electrons. The Balaban J connectivity index is 1.19. The van der Waals surface area contributed by atoms with Crippen molar-refractivity contribution in [3.63, 3.8) is 0 Å². The third-order valence-corrected chi connectivity index (χ3v) is 7.60. The van der Waals surface area contributed by atoms with Gasteiger partial charge in [0.2, 0.25) is 0 Å². The number of aliphatic carboxylic acids is 2. The number of cyclic esters (lactones) is 1. The van der Waals surface area contributed by atoms with Gasteiger partial charge >= 0.3 is 18.0 Å². The molecule has 3 heterocycles. The summed E-state index contributed by atoms with van der Waals surface area (Å²) >= 11 is 0. The average molecular weight is 474 g/mol. The fraction of sp³-hybridized carbons (Fsp3) is 0.640. The fourth-order valence-electron chi connectivity index (χ4n) is 5.51. The number of nitrogens with zero attached hydrogens (tertiary/aromatic N) is 3. The van der Waals surface area contributed by atoms with Gasteiger partial charge in [-0.15, -0.1) is 0 Å². The lowest BCUT2D eigenvalue weighted by Gasteiger charge is -2.38. The zero-order valence-corrected chi connectivity index (χ0v) is 19.6. The van der Waals surface area contributed by atoms with Crippen molar-refractivity contribution in [2.75, 3.05) is 45.8 Å². The molecule has 34 heavy (non-hydrogen) atoms. The van der Waals surface area contributed by atoms with Gasteiger partial charge in [-0.1, -0.05) is 30.3 Å². The van der Waals surface area contributed by atoms with Crippen molar-refractivity contribution in [1.29, 1.82) is 0 Å². The molecule has 1 atom stereocenters.